The van der Waals surface area contributed by atoms with Gasteiger partial charge in [-0.2, -0.15) is 0 Å². The second-order valence-corrected chi connectivity index (χ2v) is 7.24. The molecule has 0 heterocycles. The highest BCUT2D eigenvalue weighted by Gasteiger charge is 2.24. The molecule has 0 spiro atoms. The minimum absolute atomic E-state index is 0.0512. The summed E-state index contributed by atoms with van der Waals surface area (Å²) < 4.78 is 10.6. The maximum absolute atomic E-state index is 12.0. The van der Waals surface area contributed by atoms with Crippen molar-refractivity contribution in [3.63, 3.8) is 0 Å². The van der Waals surface area contributed by atoms with E-state index >= 15 is 0 Å². The van der Waals surface area contributed by atoms with Crippen LogP contribution in [0.2, 0.25) is 0 Å². The molecule has 2 rings (SSSR count). The fraction of sp³-hybridized carbons (Fsp3) is 0.550. The molecule has 7 nitrogen and oxygen atoms in total. The van der Waals surface area contributed by atoms with Crippen LogP contribution in [0.1, 0.15) is 43.7 Å². The Labute approximate surface area is 160 Å². The summed E-state index contributed by atoms with van der Waals surface area (Å²) in [6.07, 6.45) is 1.97. The topological polar surface area (TPSA) is 84.9 Å². The van der Waals surface area contributed by atoms with Gasteiger partial charge in [-0.25, -0.2) is 4.79 Å². The van der Waals surface area contributed by atoms with Crippen LogP contribution >= 0.6 is 0 Å². The maximum Gasteiger partial charge on any atom is 0.344 e. The van der Waals surface area contributed by atoms with Gasteiger partial charge in [0, 0.05) is 13.1 Å². The number of hydrogen-bond donors (Lipinski definition) is 1. The number of hydrogen-bond acceptors (Lipinski definition) is 5. The SMILES string of the molecule is Cc1ccc(C(C)C)c(OCC(=O)OCC(=O)N(C)CC(=O)NC2CC2)c1. The van der Waals surface area contributed by atoms with Crippen molar-refractivity contribution in [1.29, 1.82) is 0 Å². The van der Waals surface area contributed by atoms with Crippen LogP contribution in [0.25, 0.3) is 0 Å². The Hall–Kier alpha value is -2.57. The van der Waals surface area contributed by atoms with E-state index in [4.69, 9.17) is 9.47 Å². The molecule has 0 aliphatic heterocycles. The highest BCUT2D eigenvalue weighted by Crippen LogP contribution is 2.27. The zero-order valence-electron chi connectivity index (χ0n) is 16.4. The van der Waals surface area contributed by atoms with Crippen LogP contribution in [-0.2, 0) is 19.1 Å². The number of aryl methyl sites for hydroxylation is 1. The van der Waals surface area contributed by atoms with Gasteiger partial charge in [0.25, 0.3) is 5.91 Å². The van der Waals surface area contributed by atoms with Crippen LogP contribution in [0, 0.1) is 6.92 Å². The molecule has 1 aliphatic carbocycles. The fourth-order valence-corrected chi connectivity index (χ4v) is 2.48. The van der Waals surface area contributed by atoms with Gasteiger partial charge in [-0.1, -0.05) is 26.0 Å². The second kappa shape index (κ2) is 9.39. The van der Waals surface area contributed by atoms with E-state index < -0.39 is 18.5 Å². The maximum atomic E-state index is 12.0. The molecule has 0 saturated heterocycles. The van der Waals surface area contributed by atoms with Crippen molar-refractivity contribution in [3.8, 4) is 5.75 Å². The molecule has 0 bridgehead atoms. The summed E-state index contributed by atoms with van der Waals surface area (Å²) in [6, 6.07) is 6.09. The van der Waals surface area contributed by atoms with Gasteiger partial charge in [-0.3, -0.25) is 9.59 Å². The number of amides is 2. The Bertz CT molecular complexity index is 698. The number of nitrogens with zero attached hydrogens (tertiary/aromatic N) is 1. The van der Waals surface area contributed by atoms with Crippen molar-refractivity contribution in [2.75, 3.05) is 26.8 Å². The van der Waals surface area contributed by atoms with E-state index in [-0.39, 0.29) is 31.0 Å². The van der Waals surface area contributed by atoms with E-state index in [9.17, 15) is 14.4 Å². The summed E-state index contributed by atoms with van der Waals surface area (Å²) >= 11 is 0. The number of rotatable bonds is 9. The predicted molar refractivity (Wildman–Crippen MR) is 101 cm³/mol. The average molecular weight is 376 g/mol. The predicted octanol–water partition coefficient (Wildman–Crippen LogP) is 1.78. The largest absolute Gasteiger partial charge is 0.482 e. The summed E-state index contributed by atoms with van der Waals surface area (Å²) in [5.74, 6) is -0.373. The Morgan fingerprint density at radius 2 is 1.93 bits per heavy atom. The quantitative estimate of drug-likeness (QED) is 0.664. The first-order valence-electron chi connectivity index (χ1n) is 9.18. The molecule has 7 heteroatoms. The van der Waals surface area contributed by atoms with Gasteiger partial charge in [0.15, 0.2) is 13.2 Å². The summed E-state index contributed by atoms with van der Waals surface area (Å²) in [5.41, 5.74) is 2.04. The van der Waals surface area contributed by atoms with Gasteiger partial charge in [0.2, 0.25) is 5.91 Å². The number of esters is 1. The number of ether oxygens (including phenoxy) is 2. The van der Waals surface area contributed by atoms with Crippen LogP contribution in [0.4, 0.5) is 0 Å². The zero-order valence-corrected chi connectivity index (χ0v) is 16.4. The van der Waals surface area contributed by atoms with E-state index in [0.717, 1.165) is 24.0 Å². The van der Waals surface area contributed by atoms with Crippen LogP contribution in [0.5, 0.6) is 5.75 Å². The Morgan fingerprint density at radius 1 is 1.22 bits per heavy atom. The van der Waals surface area contributed by atoms with Crippen molar-refractivity contribution in [1.82, 2.24) is 10.2 Å². The third-order valence-electron chi connectivity index (χ3n) is 4.24. The number of nitrogens with one attached hydrogen (secondary N) is 1. The lowest BCUT2D eigenvalue weighted by atomic mass is 10.0. The molecule has 27 heavy (non-hydrogen) atoms. The molecule has 0 radical (unpaired) electrons. The lowest BCUT2D eigenvalue weighted by Gasteiger charge is -2.17. The van der Waals surface area contributed by atoms with Crippen molar-refractivity contribution >= 4 is 17.8 Å². The first-order chi connectivity index (χ1) is 12.8. The zero-order chi connectivity index (χ0) is 20.0. The molecular weight excluding hydrogens is 348 g/mol. The molecule has 0 atom stereocenters. The van der Waals surface area contributed by atoms with Crippen molar-refractivity contribution in [2.24, 2.45) is 0 Å². The van der Waals surface area contributed by atoms with E-state index in [1.807, 2.05) is 39.0 Å². The average Bonchev–Trinajstić information content (AvgIpc) is 3.41. The molecule has 1 fully saturated rings. The fourth-order valence-electron chi connectivity index (χ4n) is 2.48. The number of carbonyl (C=O) groups excluding carboxylic acids is 3. The van der Waals surface area contributed by atoms with E-state index in [0.29, 0.717) is 5.75 Å². The van der Waals surface area contributed by atoms with Crippen molar-refractivity contribution < 1.29 is 23.9 Å². The lowest BCUT2D eigenvalue weighted by molar-refractivity contribution is -0.153. The molecule has 148 valence electrons. The Morgan fingerprint density at radius 3 is 2.56 bits per heavy atom. The molecule has 1 aliphatic rings. The van der Waals surface area contributed by atoms with E-state index in [1.54, 1.807) is 0 Å². The first-order valence-corrected chi connectivity index (χ1v) is 9.18. The third-order valence-corrected chi connectivity index (χ3v) is 4.24. The van der Waals surface area contributed by atoms with Gasteiger partial charge in [0.1, 0.15) is 5.75 Å². The minimum atomic E-state index is -0.629. The smallest absolute Gasteiger partial charge is 0.344 e. The molecule has 0 unspecified atom stereocenters. The monoisotopic (exact) mass is 376 g/mol. The van der Waals surface area contributed by atoms with Crippen molar-refractivity contribution in [3.05, 3.63) is 29.3 Å². The van der Waals surface area contributed by atoms with Gasteiger partial charge < -0.3 is 19.7 Å². The van der Waals surface area contributed by atoms with E-state index in [1.165, 1.54) is 11.9 Å². The summed E-state index contributed by atoms with van der Waals surface area (Å²) in [4.78, 5) is 36.8. The summed E-state index contributed by atoms with van der Waals surface area (Å²) in [7, 11) is 1.50. The number of benzene rings is 1. The van der Waals surface area contributed by atoms with Gasteiger partial charge in [-0.05, 0) is 42.9 Å². The summed E-state index contributed by atoms with van der Waals surface area (Å²) in [6.45, 7) is 5.30. The highest BCUT2D eigenvalue weighted by molar-refractivity contribution is 5.86. The minimum Gasteiger partial charge on any atom is -0.482 e. The molecule has 1 aromatic rings. The van der Waals surface area contributed by atoms with E-state index in [2.05, 4.69) is 5.32 Å². The third kappa shape index (κ3) is 6.92. The number of likely N-dealkylation sites (N-methyl/N-ethyl adjacent to an activating group) is 1. The van der Waals surface area contributed by atoms with Gasteiger partial charge in [0.05, 0.1) is 6.54 Å². The first kappa shape index (κ1) is 20.7. The molecule has 1 aromatic carbocycles. The summed E-state index contributed by atoms with van der Waals surface area (Å²) in [5, 5.41) is 2.80. The lowest BCUT2D eigenvalue weighted by Crippen LogP contribution is -2.41. The van der Waals surface area contributed by atoms with Crippen LogP contribution < -0.4 is 10.1 Å². The highest BCUT2D eigenvalue weighted by atomic mass is 16.6. The standard InChI is InChI=1S/C20H28N2O5/c1-13(2)16-8-5-14(3)9-17(16)26-12-20(25)27-11-19(24)22(4)10-18(23)21-15-6-7-15/h5,8-9,13,15H,6-7,10-12H2,1-4H3,(H,21,23). The van der Waals surface area contributed by atoms with Crippen LogP contribution in [0.15, 0.2) is 18.2 Å². The van der Waals surface area contributed by atoms with Crippen LogP contribution in [-0.4, -0.2) is 55.5 Å². The Kier molecular flexibility index (Phi) is 7.21. The van der Waals surface area contributed by atoms with Gasteiger partial charge >= 0.3 is 5.97 Å². The molecule has 1 N–H and O–H groups in total. The Balaban J connectivity index is 1.74. The van der Waals surface area contributed by atoms with Gasteiger partial charge in [-0.15, -0.1) is 0 Å². The molecular formula is C20H28N2O5. The molecule has 2 amide bonds. The van der Waals surface area contributed by atoms with Crippen LogP contribution in [0.3, 0.4) is 0 Å². The van der Waals surface area contributed by atoms with Crippen molar-refractivity contribution in [2.45, 2.75) is 45.6 Å². The number of carbonyl (C=O) groups is 3. The molecule has 0 aromatic heterocycles. The second-order valence-electron chi connectivity index (χ2n) is 7.24. The molecule has 1 saturated carbocycles. The normalized spacial score (nSPS) is 13.2.